The average molecular weight is 462 g/mol. The van der Waals surface area contributed by atoms with E-state index < -0.39 is 47.6 Å². The Morgan fingerprint density at radius 3 is 2.36 bits per heavy atom. The Morgan fingerprint density at radius 1 is 0.939 bits per heavy atom. The number of phenols is 2. The smallest absolute Gasteiger partial charge is 0.238 e. The SMILES string of the molecule is COc1cc(-c2oc3cc(O[C@H]4O[C@@H](C)[C@H](O)[C@H](O)[C@@H]4O)cc(O)c3c(=O)c2O)ccc1O. The molecule has 1 saturated heterocycles. The van der Waals surface area contributed by atoms with Crippen molar-refractivity contribution in [2.45, 2.75) is 37.6 Å². The van der Waals surface area contributed by atoms with E-state index in [1.54, 1.807) is 0 Å². The van der Waals surface area contributed by atoms with Gasteiger partial charge in [0.2, 0.25) is 17.5 Å². The number of aliphatic hydroxyl groups excluding tert-OH is 3. The Morgan fingerprint density at radius 2 is 1.67 bits per heavy atom. The van der Waals surface area contributed by atoms with E-state index in [2.05, 4.69) is 0 Å². The molecule has 0 bridgehead atoms. The minimum absolute atomic E-state index is 0.0767. The number of phenolic OH excluding ortho intramolecular Hbond substituents is 2. The van der Waals surface area contributed by atoms with Crippen molar-refractivity contribution in [3.05, 3.63) is 40.6 Å². The molecule has 1 aliphatic rings. The van der Waals surface area contributed by atoms with Crippen molar-refractivity contribution in [3.63, 3.8) is 0 Å². The summed E-state index contributed by atoms with van der Waals surface area (Å²) in [6.45, 7) is 1.48. The quantitative estimate of drug-likeness (QED) is 0.323. The molecule has 2 aromatic carbocycles. The summed E-state index contributed by atoms with van der Waals surface area (Å²) in [7, 11) is 1.33. The van der Waals surface area contributed by atoms with Crippen molar-refractivity contribution in [3.8, 4) is 40.1 Å². The second-order valence-corrected chi connectivity index (χ2v) is 7.61. The van der Waals surface area contributed by atoms with Crippen LogP contribution in [0.25, 0.3) is 22.3 Å². The predicted molar refractivity (Wildman–Crippen MR) is 112 cm³/mol. The molecular formula is C22H22O11. The first-order valence-electron chi connectivity index (χ1n) is 9.88. The lowest BCUT2D eigenvalue weighted by Gasteiger charge is -2.38. The van der Waals surface area contributed by atoms with Crippen molar-refractivity contribution in [1.82, 2.24) is 0 Å². The summed E-state index contributed by atoms with van der Waals surface area (Å²) in [6, 6.07) is 6.31. The fourth-order valence-corrected chi connectivity index (χ4v) is 3.59. The number of benzene rings is 2. The average Bonchev–Trinajstić information content (AvgIpc) is 2.78. The molecule has 5 atom stereocenters. The zero-order chi connectivity index (χ0) is 24.0. The molecule has 33 heavy (non-hydrogen) atoms. The van der Waals surface area contributed by atoms with E-state index in [1.165, 1.54) is 38.3 Å². The van der Waals surface area contributed by atoms with Crippen molar-refractivity contribution < 1.29 is 49.3 Å². The third-order valence-electron chi connectivity index (χ3n) is 5.43. The highest BCUT2D eigenvalue weighted by atomic mass is 16.7. The summed E-state index contributed by atoms with van der Waals surface area (Å²) in [5.74, 6) is -1.75. The molecule has 0 aliphatic carbocycles. The van der Waals surface area contributed by atoms with Crippen LogP contribution in [-0.2, 0) is 4.74 Å². The zero-order valence-electron chi connectivity index (χ0n) is 17.5. The van der Waals surface area contributed by atoms with Gasteiger partial charge in [0.05, 0.1) is 13.2 Å². The zero-order valence-corrected chi connectivity index (χ0v) is 17.5. The number of methoxy groups -OCH3 is 1. The van der Waals surface area contributed by atoms with E-state index in [0.29, 0.717) is 0 Å². The maximum absolute atomic E-state index is 12.7. The number of aliphatic hydroxyl groups is 3. The first kappa shape index (κ1) is 22.7. The van der Waals surface area contributed by atoms with E-state index in [1.807, 2.05) is 0 Å². The van der Waals surface area contributed by atoms with Gasteiger partial charge in [-0.1, -0.05) is 0 Å². The van der Waals surface area contributed by atoms with E-state index in [4.69, 9.17) is 18.6 Å². The normalized spacial score (nSPS) is 25.2. The van der Waals surface area contributed by atoms with Gasteiger partial charge in [0.1, 0.15) is 40.8 Å². The van der Waals surface area contributed by atoms with E-state index >= 15 is 0 Å². The lowest BCUT2D eigenvalue weighted by Crippen LogP contribution is -2.58. The second-order valence-electron chi connectivity index (χ2n) is 7.61. The molecule has 0 amide bonds. The summed E-state index contributed by atoms with van der Waals surface area (Å²) in [5.41, 5.74) is -0.860. The Hall–Kier alpha value is -3.51. The maximum Gasteiger partial charge on any atom is 0.238 e. The fraction of sp³-hybridized carbons (Fsp3) is 0.318. The molecule has 3 aromatic rings. The molecule has 11 nitrogen and oxygen atoms in total. The number of hydrogen-bond acceptors (Lipinski definition) is 11. The Balaban J connectivity index is 1.78. The lowest BCUT2D eigenvalue weighted by molar-refractivity contribution is -0.268. The van der Waals surface area contributed by atoms with Gasteiger partial charge >= 0.3 is 0 Å². The highest BCUT2D eigenvalue weighted by Crippen LogP contribution is 2.38. The largest absolute Gasteiger partial charge is 0.507 e. The van der Waals surface area contributed by atoms with Gasteiger partial charge < -0.3 is 49.3 Å². The standard InChI is InChI=1S/C22H22O11/c1-8-16(25)18(27)20(29)22(31-8)32-10-6-12(24)15-14(7-10)33-21(19(28)17(15)26)9-3-4-11(23)13(5-9)30-2/h3-8,16,18,20,22-25,27-29H,1-2H3/t8-,16-,18-,20-,22+/m0/s1. The van der Waals surface area contributed by atoms with Crippen LogP contribution in [0.15, 0.2) is 39.5 Å². The number of ether oxygens (including phenoxy) is 3. The van der Waals surface area contributed by atoms with Crippen molar-refractivity contribution in [1.29, 1.82) is 0 Å². The summed E-state index contributed by atoms with van der Waals surface area (Å²) in [4.78, 5) is 12.7. The second kappa shape index (κ2) is 8.45. The van der Waals surface area contributed by atoms with E-state index in [0.717, 1.165) is 6.07 Å². The minimum atomic E-state index is -1.60. The summed E-state index contributed by atoms with van der Waals surface area (Å²) in [5, 5.41) is 60.2. The molecule has 0 unspecified atom stereocenters. The third-order valence-corrected chi connectivity index (χ3v) is 5.43. The predicted octanol–water partition coefficient (Wildman–Crippen LogP) is 0.792. The summed E-state index contributed by atoms with van der Waals surface area (Å²) < 4.78 is 21.6. The molecule has 1 aromatic heterocycles. The first-order valence-corrected chi connectivity index (χ1v) is 9.88. The van der Waals surface area contributed by atoms with Gasteiger partial charge in [-0.15, -0.1) is 0 Å². The fourth-order valence-electron chi connectivity index (χ4n) is 3.59. The molecular weight excluding hydrogens is 440 g/mol. The number of hydrogen-bond donors (Lipinski definition) is 6. The molecule has 0 spiro atoms. The van der Waals surface area contributed by atoms with Crippen LogP contribution in [0.5, 0.6) is 28.7 Å². The van der Waals surface area contributed by atoms with Crippen LogP contribution in [0.2, 0.25) is 0 Å². The van der Waals surface area contributed by atoms with Gasteiger partial charge in [-0.25, -0.2) is 0 Å². The number of aromatic hydroxyl groups is 3. The maximum atomic E-state index is 12.7. The van der Waals surface area contributed by atoms with Crippen LogP contribution in [0.4, 0.5) is 0 Å². The van der Waals surface area contributed by atoms with Gasteiger partial charge in [-0.2, -0.15) is 0 Å². The summed E-state index contributed by atoms with van der Waals surface area (Å²) in [6.07, 6.45) is -6.69. The van der Waals surface area contributed by atoms with Gasteiger partial charge in [0.15, 0.2) is 17.3 Å². The van der Waals surface area contributed by atoms with E-state index in [-0.39, 0.29) is 39.5 Å². The van der Waals surface area contributed by atoms with Gasteiger partial charge in [0.25, 0.3) is 0 Å². The van der Waals surface area contributed by atoms with E-state index in [9.17, 15) is 35.4 Å². The molecule has 176 valence electrons. The van der Waals surface area contributed by atoms with Crippen LogP contribution in [0.3, 0.4) is 0 Å². The van der Waals surface area contributed by atoms with Crippen molar-refractivity contribution in [2.75, 3.05) is 7.11 Å². The highest BCUT2D eigenvalue weighted by molar-refractivity contribution is 5.88. The monoisotopic (exact) mass is 462 g/mol. The van der Waals surface area contributed by atoms with Gasteiger partial charge in [-0.3, -0.25) is 4.79 Å². The van der Waals surface area contributed by atoms with Gasteiger partial charge in [0, 0.05) is 17.7 Å². The molecule has 11 heteroatoms. The molecule has 2 heterocycles. The Bertz CT molecular complexity index is 1250. The highest BCUT2D eigenvalue weighted by Gasteiger charge is 2.43. The Kier molecular flexibility index (Phi) is 5.80. The van der Waals surface area contributed by atoms with Crippen LogP contribution in [0, 0.1) is 0 Å². The number of fused-ring (bicyclic) bond motifs is 1. The summed E-state index contributed by atoms with van der Waals surface area (Å²) >= 11 is 0. The molecule has 0 radical (unpaired) electrons. The van der Waals surface area contributed by atoms with Crippen LogP contribution in [0.1, 0.15) is 6.92 Å². The molecule has 4 rings (SSSR count). The minimum Gasteiger partial charge on any atom is -0.507 e. The molecule has 1 aliphatic heterocycles. The topological polar surface area (TPSA) is 179 Å². The van der Waals surface area contributed by atoms with Crippen molar-refractivity contribution >= 4 is 11.0 Å². The number of rotatable bonds is 4. The van der Waals surface area contributed by atoms with Crippen LogP contribution >= 0.6 is 0 Å². The third kappa shape index (κ3) is 3.91. The van der Waals surface area contributed by atoms with Crippen LogP contribution in [-0.4, -0.2) is 68.5 Å². The van der Waals surface area contributed by atoms with Crippen LogP contribution < -0.4 is 14.9 Å². The molecule has 1 fully saturated rings. The molecule has 6 N–H and O–H groups in total. The lowest BCUT2D eigenvalue weighted by atomic mass is 10.00. The molecule has 0 saturated carbocycles. The Labute approximate surface area is 186 Å². The first-order chi connectivity index (χ1) is 15.6. The van der Waals surface area contributed by atoms with Crippen molar-refractivity contribution in [2.24, 2.45) is 0 Å². The van der Waals surface area contributed by atoms with Gasteiger partial charge in [-0.05, 0) is 25.1 Å².